The number of amides is 1. The molecule has 2 rings (SSSR count). The van der Waals surface area contributed by atoms with Crippen LogP contribution < -0.4 is 10.6 Å². The van der Waals surface area contributed by atoms with Crippen molar-refractivity contribution in [2.45, 2.75) is 40.0 Å². The van der Waals surface area contributed by atoms with E-state index in [1.807, 2.05) is 12.1 Å². The molecule has 5 nitrogen and oxygen atoms in total. The van der Waals surface area contributed by atoms with Crippen molar-refractivity contribution in [2.24, 2.45) is 5.92 Å². The molecule has 0 spiro atoms. The van der Waals surface area contributed by atoms with E-state index in [9.17, 15) is 4.79 Å². The fourth-order valence-electron chi connectivity index (χ4n) is 2.18. The van der Waals surface area contributed by atoms with Crippen LogP contribution in [0.15, 0.2) is 36.4 Å². The fraction of sp³-hybridized carbons (Fsp3) is 0.421. The summed E-state index contributed by atoms with van der Waals surface area (Å²) in [6, 6.07) is 11.7. The third-order valence-corrected chi connectivity index (χ3v) is 3.75. The molecule has 0 radical (unpaired) electrons. The number of rotatable bonds is 7. The Bertz CT molecular complexity index is 648. The smallest absolute Gasteiger partial charge is 0.271 e. The molecule has 2 N–H and O–H groups in total. The molecule has 0 fully saturated rings. The van der Waals surface area contributed by atoms with Gasteiger partial charge in [-0.05, 0) is 48.1 Å². The Labute approximate surface area is 143 Å². The van der Waals surface area contributed by atoms with Crippen molar-refractivity contribution in [2.75, 3.05) is 11.9 Å². The highest BCUT2D eigenvalue weighted by atomic mass is 16.1. The van der Waals surface area contributed by atoms with Crippen molar-refractivity contribution in [3.05, 3.63) is 47.7 Å². The molecule has 24 heavy (non-hydrogen) atoms. The lowest BCUT2D eigenvalue weighted by Gasteiger charge is -2.09. The molecular weight excluding hydrogens is 300 g/mol. The van der Waals surface area contributed by atoms with Gasteiger partial charge in [0.2, 0.25) is 0 Å². The Balaban J connectivity index is 1.92. The van der Waals surface area contributed by atoms with E-state index in [1.165, 1.54) is 5.56 Å². The molecule has 0 saturated carbocycles. The van der Waals surface area contributed by atoms with Crippen LogP contribution in [0, 0.1) is 5.92 Å². The zero-order chi connectivity index (χ0) is 17.5. The summed E-state index contributed by atoms with van der Waals surface area (Å²) >= 11 is 0. The summed E-state index contributed by atoms with van der Waals surface area (Å²) in [7, 11) is 0. The molecule has 1 aromatic carbocycles. The Morgan fingerprint density at radius 3 is 2.25 bits per heavy atom. The van der Waals surface area contributed by atoms with Crippen LogP contribution in [0.5, 0.6) is 0 Å². The van der Waals surface area contributed by atoms with Crippen LogP contribution in [0.1, 0.15) is 56.1 Å². The molecule has 0 saturated heterocycles. The normalized spacial score (nSPS) is 10.9. The molecule has 0 bridgehead atoms. The van der Waals surface area contributed by atoms with Crippen LogP contribution in [-0.4, -0.2) is 22.6 Å². The quantitative estimate of drug-likeness (QED) is 0.803. The van der Waals surface area contributed by atoms with Crippen molar-refractivity contribution in [1.29, 1.82) is 0 Å². The maximum absolute atomic E-state index is 12.0. The standard InChI is InChI=1S/C19H26N4O/c1-13(2)11-12-20-19(24)17-9-10-18(23-22-17)21-16-7-5-15(6-8-16)14(3)4/h5-10,13-14H,11-12H2,1-4H3,(H,20,24)(H,21,23). The summed E-state index contributed by atoms with van der Waals surface area (Å²) in [5.74, 6) is 1.50. The van der Waals surface area contributed by atoms with Gasteiger partial charge in [-0.3, -0.25) is 4.79 Å². The number of nitrogens with one attached hydrogen (secondary N) is 2. The van der Waals surface area contributed by atoms with E-state index in [-0.39, 0.29) is 5.91 Å². The van der Waals surface area contributed by atoms with E-state index in [2.05, 4.69) is 60.7 Å². The topological polar surface area (TPSA) is 66.9 Å². The van der Waals surface area contributed by atoms with Crippen LogP contribution in [0.4, 0.5) is 11.5 Å². The summed E-state index contributed by atoms with van der Waals surface area (Å²) in [5.41, 5.74) is 2.57. The van der Waals surface area contributed by atoms with Gasteiger partial charge in [-0.15, -0.1) is 10.2 Å². The van der Waals surface area contributed by atoms with Gasteiger partial charge in [0.1, 0.15) is 0 Å². The summed E-state index contributed by atoms with van der Waals surface area (Å²) in [6.07, 6.45) is 0.950. The number of hydrogen-bond donors (Lipinski definition) is 2. The third-order valence-electron chi connectivity index (χ3n) is 3.75. The lowest BCUT2D eigenvalue weighted by Crippen LogP contribution is -2.26. The summed E-state index contributed by atoms with van der Waals surface area (Å²) in [6.45, 7) is 9.23. The second-order valence-corrected chi connectivity index (χ2v) is 6.64. The number of hydrogen-bond acceptors (Lipinski definition) is 4. The van der Waals surface area contributed by atoms with Gasteiger partial charge in [-0.1, -0.05) is 39.8 Å². The minimum atomic E-state index is -0.184. The molecule has 0 atom stereocenters. The summed E-state index contributed by atoms with van der Waals surface area (Å²) in [4.78, 5) is 12.0. The van der Waals surface area contributed by atoms with Gasteiger partial charge >= 0.3 is 0 Å². The highest BCUT2D eigenvalue weighted by molar-refractivity contribution is 5.92. The van der Waals surface area contributed by atoms with Crippen LogP contribution in [0.25, 0.3) is 0 Å². The highest BCUT2D eigenvalue weighted by Gasteiger charge is 2.08. The third kappa shape index (κ3) is 5.33. The minimum absolute atomic E-state index is 0.184. The maximum Gasteiger partial charge on any atom is 0.271 e. The number of aromatic nitrogens is 2. The van der Waals surface area contributed by atoms with E-state index in [0.717, 1.165) is 12.1 Å². The lowest BCUT2D eigenvalue weighted by atomic mass is 10.0. The predicted octanol–water partition coefficient (Wildman–Crippen LogP) is 4.12. The zero-order valence-electron chi connectivity index (χ0n) is 14.8. The van der Waals surface area contributed by atoms with Crippen molar-refractivity contribution < 1.29 is 4.79 Å². The van der Waals surface area contributed by atoms with Gasteiger partial charge in [0.25, 0.3) is 5.91 Å². The van der Waals surface area contributed by atoms with Crippen molar-refractivity contribution in [3.63, 3.8) is 0 Å². The first-order chi connectivity index (χ1) is 11.5. The largest absolute Gasteiger partial charge is 0.351 e. The molecule has 128 valence electrons. The van der Waals surface area contributed by atoms with Gasteiger partial charge < -0.3 is 10.6 Å². The molecule has 1 amide bonds. The molecule has 5 heteroatoms. The molecular formula is C19H26N4O. The predicted molar refractivity (Wildman–Crippen MR) is 97.6 cm³/mol. The van der Waals surface area contributed by atoms with Gasteiger partial charge in [0.15, 0.2) is 11.5 Å². The molecule has 1 aromatic heterocycles. The highest BCUT2D eigenvalue weighted by Crippen LogP contribution is 2.19. The Morgan fingerprint density at radius 1 is 1.00 bits per heavy atom. The van der Waals surface area contributed by atoms with E-state index in [1.54, 1.807) is 12.1 Å². The van der Waals surface area contributed by atoms with Crippen molar-refractivity contribution in [3.8, 4) is 0 Å². The first kappa shape index (κ1) is 17.9. The zero-order valence-corrected chi connectivity index (χ0v) is 14.8. The van der Waals surface area contributed by atoms with Crippen LogP contribution >= 0.6 is 0 Å². The number of carbonyl (C=O) groups excluding carboxylic acids is 1. The second-order valence-electron chi connectivity index (χ2n) is 6.64. The van der Waals surface area contributed by atoms with Crippen molar-refractivity contribution >= 4 is 17.4 Å². The molecule has 2 aromatic rings. The number of nitrogens with zero attached hydrogens (tertiary/aromatic N) is 2. The monoisotopic (exact) mass is 326 g/mol. The Hall–Kier alpha value is -2.43. The van der Waals surface area contributed by atoms with Crippen molar-refractivity contribution in [1.82, 2.24) is 15.5 Å². The lowest BCUT2D eigenvalue weighted by molar-refractivity contribution is 0.0946. The Kier molecular flexibility index (Phi) is 6.29. The number of benzene rings is 1. The minimum Gasteiger partial charge on any atom is -0.351 e. The van der Waals surface area contributed by atoms with Crippen LogP contribution in [0.2, 0.25) is 0 Å². The maximum atomic E-state index is 12.0. The molecule has 0 aliphatic rings. The average molecular weight is 326 g/mol. The summed E-state index contributed by atoms with van der Waals surface area (Å²) in [5, 5.41) is 14.1. The first-order valence-electron chi connectivity index (χ1n) is 8.44. The van der Waals surface area contributed by atoms with E-state index in [0.29, 0.717) is 29.9 Å². The number of anilines is 2. The average Bonchev–Trinajstić information content (AvgIpc) is 2.55. The molecule has 1 heterocycles. The van der Waals surface area contributed by atoms with Gasteiger partial charge in [-0.25, -0.2) is 0 Å². The first-order valence-corrected chi connectivity index (χ1v) is 8.44. The summed E-state index contributed by atoms with van der Waals surface area (Å²) < 4.78 is 0. The van der Waals surface area contributed by atoms with E-state index < -0.39 is 0 Å². The molecule has 0 aliphatic carbocycles. The van der Waals surface area contributed by atoms with Crippen LogP contribution in [0.3, 0.4) is 0 Å². The van der Waals surface area contributed by atoms with Crippen LogP contribution in [-0.2, 0) is 0 Å². The van der Waals surface area contributed by atoms with Gasteiger partial charge in [0, 0.05) is 12.2 Å². The van der Waals surface area contributed by atoms with E-state index >= 15 is 0 Å². The van der Waals surface area contributed by atoms with Gasteiger partial charge in [0.05, 0.1) is 0 Å². The Morgan fingerprint density at radius 2 is 1.71 bits per heavy atom. The SMILES string of the molecule is CC(C)CCNC(=O)c1ccc(Nc2ccc(C(C)C)cc2)nn1. The number of carbonyl (C=O) groups is 1. The van der Waals surface area contributed by atoms with Gasteiger partial charge in [-0.2, -0.15) is 0 Å². The second kappa shape index (κ2) is 8.43. The van der Waals surface area contributed by atoms with E-state index in [4.69, 9.17) is 0 Å². The molecule has 0 unspecified atom stereocenters. The fourth-order valence-corrected chi connectivity index (χ4v) is 2.18. The molecule has 0 aliphatic heterocycles.